The first-order valence-electron chi connectivity index (χ1n) is 2.86. The lowest BCUT2D eigenvalue weighted by atomic mass is 10.4. The lowest BCUT2D eigenvalue weighted by molar-refractivity contribution is 0.434. The van der Waals surface area contributed by atoms with Crippen LogP contribution in [0.5, 0.6) is 0 Å². The normalized spacial score (nSPS) is 10.2. The largest absolute Gasteiger partial charge is 0.381 e. The quantitative estimate of drug-likeness (QED) is 0.680. The predicted molar refractivity (Wildman–Crippen MR) is 39.8 cm³/mol. The maximum Gasteiger partial charge on any atom is 0.190 e. The summed E-state index contributed by atoms with van der Waals surface area (Å²) in [5.41, 5.74) is 6.00. The van der Waals surface area contributed by atoms with E-state index >= 15 is 0 Å². The van der Waals surface area contributed by atoms with Crippen LogP contribution in [-0.2, 0) is 0 Å². The molecular formula is C5H4N4OS. The molecule has 11 heavy (non-hydrogen) atoms. The zero-order valence-corrected chi connectivity index (χ0v) is 6.21. The minimum atomic E-state index is 0.355. The van der Waals surface area contributed by atoms with Crippen LogP contribution in [0.3, 0.4) is 0 Å². The molecule has 0 aliphatic heterocycles. The standard InChI is InChI=1S/C5H4N4OS/c6-5-1-4(10-8-5)3-2-11-9-7-3/h1-2H,(H2,6,8). The van der Waals surface area contributed by atoms with Crippen molar-refractivity contribution in [1.29, 1.82) is 0 Å². The number of hydrogen-bond donors (Lipinski definition) is 1. The monoisotopic (exact) mass is 168 g/mol. The highest BCUT2D eigenvalue weighted by Gasteiger charge is 2.06. The Morgan fingerprint density at radius 1 is 1.55 bits per heavy atom. The maximum absolute atomic E-state index is 5.34. The summed E-state index contributed by atoms with van der Waals surface area (Å²) in [6.07, 6.45) is 0. The molecule has 0 saturated carbocycles. The van der Waals surface area contributed by atoms with Crippen molar-refractivity contribution >= 4 is 17.4 Å². The molecule has 0 fully saturated rings. The van der Waals surface area contributed by atoms with Gasteiger partial charge in [0.05, 0.1) is 0 Å². The third-order valence-electron chi connectivity index (χ3n) is 1.14. The number of nitrogen functional groups attached to an aromatic ring is 1. The fourth-order valence-corrected chi connectivity index (χ4v) is 1.13. The minimum absolute atomic E-state index is 0.355. The highest BCUT2D eigenvalue weighted by molar-refractivity contribution is 7.03. The van der Waals surface area contributed by atoms with Gasteiger partial charge in [-0.2, -0.15) is 0 Å². The average Bonchev–Trinajstić information content (AvgIpc) is 2.55. The van der Waals surface area contributed by atoms with Crippen molar-refractivity contribution in [3.8, 4) is 11.5 Å². The molecule has 0 unspecified atom stereocenters. The van der Waals surface area contributed by atoms with Gasteiger partial charge < -0.3 is 10.3 Å². The third kappa shape index (κ3) is 1.07. The molecule has 2 aromatic rings. The van der Waals surface area contributed by atoms with Gasteiger partial charge in [0.15, 0.2) is 11.6 Å². The van der Waals surface area contributed by atoms with Crippen molar-refractivity contribution in [2.24, 2.45) is 0 Å². The summed E-state index contributed by atoms with van der Waals surface area (Å²) >= 11 is 1.25. The zero-order valence-electron chi connectivity index (χ0n) is 5.39. The van der Waals surface area contributed by atoms with E-state index in [2.05, 4.69) is 14.7 Å². The summed E-state index contributed by atoms with van der Waals surface area (Å²) in [6, 6.07) is 1.61. The SMILES string of the molecule is Nc1cc(-c2csnn2)on1. The van der Waals surface area contributed by atoms with Crippen LogP contribution in [0.25, 0.3) is 11.5 Å². The molecule has 2 heterocycles. The van der Waals surface area contributed by atoms with E-state index in [-0.39, 0.29) is 0 Å². The van der Waals surface area contributed by atoms with Gasteiger partial charge in [-0.3, -0.25) is 0 Å². The molecular weight excluding hydrogens is 164 g/mol. The van der Waals surface area contributed by atoms with Crippen molar-refractivity contribution in [2.45, 2.75) is 0 Å². The fraction of sp³-hybridized carbons (Fsp3) is 0. The van der Waals surface area contributed by atoms with E-state index in [0.717, 1.165) is 0 Å². The van der Waals surface area contributed by atoms with Gasteiger partial charge in [0.25, 0.3) is 0 Å². The lowest BCUT2D eigenvalue weighted by Gasteiger charge is -1.79. The molecule has 0 saturated heterocycles. The van der Waals surface area contributed by atoms with Crippen LogP contribution in [0.2, 0.25) is 0 Å². The number of nitrogens with two attached hydrogens (primary N) is 1. The summed E-state index contributed by atoms with van der Waals surface area (Å²) in [6.45, 7) is 0. The van der Waals surface area contributed by atoms with E-state index in [0.29, 0.717) is 17.3 Å². The Hall–Kier alpha value is -1.43. The minimum Gasteiger partial charge on any atom is -0.381 e. The molecule has 0 aliphatic carbocycles. The average molecular weight is 168 g/mol. The topological polar surface area (TPSA) is 77.8 Å². The van der Waals surface area contributed by atoms with Crippen molar-refractivity contribution < 1.29 is 4.52 Å². The Balaban J connectivity index is 2.45. The number of rotatable bonds is 1. The second-order valence-electron chi connectivity index (χ2n) is 1.91. The van der Waals surface area contributed by atoms with Gasteiger partial charge in [-0.05, 0) is 11.5 Å². The zero-order chi connectivity index (χ0) is 7.68. The van der Waals surface area contributed by atoms with E-state index in [9.17, 15) is 0 Å². The first-order valence-corrected chi connectivity index (χ1v) is 3.69. The van der Waals surface area contributed by atoms with E-state index in [4.69, 9.17) is 10.3 Å². The first kappa shape index (κ1) is 6.29. The van der Waals surface area contributed by atoms with E-state index in [1.165, 1.54) is 11.5 Å². The molecule has 0 amide bonds. The van der Waals surface area contributed by atoms with Crippen molar-refractivity contribution in [3.63, 3.8) is 0 Å². The van der Waals surface area contributed by atoms with Crippen LogP contribution in [0.1, 0.15) is 0 Å². The number of anilines is 1. The van der Waals surface area contributed by atoms with Crippen molar-refractivity contribution in [1.82, 2.24) is 14.7 Å². The lowest BCUT2D eigenvalue weighted by Crippen LogP contribution is -1.79. The van der Waals surface area contributed by atoms with E-state index in [1.54, 1.807) is 11.4 Å². The summed E-state index contributed by atoms with van der Waals surface area (Å²) in [5, 5.41) is 9.06. The van der Waals surface area contributed by atoms with Gasteiger partial charge in [-0.1, -0.05) is 9.64 Å². The molecule has 2 aromatic heterocycles. The van der Waals surface area contributed by atoms with Gasteiger partial charge in [0.1, 0.15) is 5.69 Å². The molecule has 2 N–H and O–H groups in total. The Labute approximate surface area is 66.0 Å². The smallest absolute Gasteiger partial charge is 0.190 e. The Kier molecular flexibility index (Phi) is 1.32. The van der Waals surface area contributed by atoms with Crippen LogP contribution >= 0.6 is 11.5 Å². The number of nitrogens with zero attached hydrogens (tertiary/aromatic N) is 3. The second-order valence-corrected chi connectivity index (χ2v) is 2.52. The molecule has 5 nitrogen and oxygen atoms in total. The molecule has 0 radical (unpaired) electrons. The molecule has 0 aromatic carbocycles. The molecule has 0 aliphatic rings. The molecule has 0 bridgehead atoms. The van der Waals surface area contributed by atoms with Gasteiger partial charge in [0, 0.05) is 11.4 Å². The van der Waals surface area contributed by atoms with Crippen molar-refractivity contribution in [3.05, 3.63) is 11.4 Å². The molecule has 0 spiro atoms. The van der Waals surface area contributed by atoms with Gasteiger partial charge in [0.2, 0.25) is 0 Å². The van der Waals surface area contributed by atoms with Crippen molar-refractivity contribution in [2.75, 3.05) is 5.73 Å². The van der Waals surface area contributed by atoms with Crippen LogP contribution < -0.4 is 5.73 Å². The van der Waals surface area contributed by atoms with E-state index < -0.39 is 0 Å². The highest BCUT2D eigenvalue weighted by atomic mass is 32.1. The number of hydrogen-bond acceptors (Lipinski definition) is 6. The molecule has 56 valence electrons. The third-order valence-corrected chi connectivity index (χ3v) is 1.65. The fourth-order valence-electron chi connectivity index (χ4n) is 0.682. The molecule has 2 rings (SSSR count). The Morgan fingerprint density at radius 3 is 3.00 bits per heavy atom. The molecule has 6 heteroatoms. The summed E-state index contributed by atoms with van der Waals surface area (Å²) in [7, 11) is 0. The van der Waals surface area contributed by atoms with Gasteiger partial charge in [-0.15, -0.1) is 5.10 Å². The Morgan fingerprint density at radius 2 is 2.45 bits per heavy atom. The summed E-state index contributed by atoms with van der Waals surface area (Å²) in [5.74, 6) is 0.907. The number of aromatic nitrogens is 3. The summed E-state index contributed by atoms with van der Waals surface area (Å²) in [4.78, 5) is 0. The van der Waals surface area contributed by atoms with E-state index in [1.807, 2.05) is 0 Å². The van der Waals surface area contributed by atoms with Gasteiger partial charge in [-0.25, -0.2) is 0 Å². The van der Waals surface area contributed by atoms with Crippen LogP contribution in [0.15, 0.2) is 16.0 Å². The maximum atomic E-state index is 5.34. The summed E-state index contributed by atoms with van der Waals surface area (Å²) < 4.78 is 8.51. The van der Waals surface area contributed by atoms with Crippen LogP contribution in [0, 0.1) is 0 Å². The van der Waals surface area contributed by atoms with Gasteiger partial charge >= 0.3 is 0 Å². The Bertz CT molecular complexity index is 341. The molecule has 0 atom stereocenters. The first-order chi connectivity index (χ1) is 5.36. The van der Waals surface area contributed by atoms with Crippen LogP contribution in [-0.4, -0.2) is 14.7 Å². The predicted octanol–water partition coefficient (Wildman–Crippen LogP) is 0.775. The second kappa shape index (κ2) is 2.31. The highest BCUT2D eigenvalue weighted by Crippen LogP contribution is 2.18. The van der Waals surface area contributed by atoms with Crippen LogP contribution in [0.4, 0.5) is 5.82 Å².